The molecule has 6 nitrogen and oxygen atoms in total. The number of thiazole rings is 1. The Kier molecular flexibility index (Phi) is 5.67. The second kappa shape index (κ2) is 8.39. The van der Waals surface area contributed by atoms with Gasteiger partial charge in [0, 0.05) is 27.9 Å². The number of halogens is 2. The summed E-state index contributed by atoms with van der Waals surface area (Å²) in [5.41, 5.74) is 1.79. The maximum atomic E-state index is 12.2. The minimum Gasteiger partial charge on any atom is -0.402 e. The van der Waals surface area contributed by atoms with Gasteiger partial charge in [-0.2, -0.15) is 0 Å². The molecule has 0 bridgehead atoms. The summed E-state index contributed by atoms with van der Waals surface area (Å²) in [5.74, 6) is -0.626. The summed E-state index contributed by atoms with van der Waals surface area (Å²) in [6.45, 7) is 1.44. The first-order valence-electron chi connectivity index (χ1n) is 8.71. The van der Waals surface area contributed by atoms with Gasteiger partial charge in [-0.3, -0.25) is 9.69 Å². The van der Waals surface area contributed by atoms with E-state index >= 15 is 0 Å². The lowest BCUT2D eigenvalue weighted by Gasteiger charge is -2.18. The smallest absolute Gasteiger partial charge is 0.363 e. The van der Waals surface area contributed by atoms with E-state index < -0.39 is 5.97 Å². The van der Waals surface area contributed by atoms with Crippen molar-refractivity contribution in [1.29, 1.82) is 0 Å². The predicted octanol–water partition coefficient (Wildman–Crippen LogP) is 5.48. The molecule has 0 N–H and O–H groups in total. The third kappa shape index (κ3) is 4.28. The molecule has 2 aromatic carbocycles. The van der Waals surface area contributed by atoms with Crippen LogP contribution < -0.4 is 4.90 Å². The van der Waals surface area contributed by atoms with Gasteiger partial charge in [0.2, 0.25) is 11.8 Å². The van der Waals surface area contributed by atoms with Crippen LogP contribution in [0, 0.1) is 0 Å². The topological polar surface area (TPSA) is 71.9 Å². The van der Waals surface area contributed by atoms with Gasteiger partial charge in [0.1, 0.15) is 0 Å². The summed E-state index contributed by atoms with van der Waals surface area (Å²) in [4.78, 5) is 34.6. The monoisotopic (exact) mass is 457 g/mol. The third-order valence-corrected chi connectivity index (χ3v) is 5.37. The van der Waals surface area contributed by atoms with Crippen molar-refractivity contribution in [3.05, 3.63) is 80.9 Å². The van der Waals surface area contributed by atoms with Crippen LogP contribution in [0.5, 0.6) is 0 Å². The molecule has 0 saturated heterocycles. The van der Waals surface area contributed by atoms with Crippen LogP contribution in [0.25, 0.3) is 6.08 Å². The summed E-state index contributed by atoms with van der Waals surface area (Å²) in [7, 11) is 0. The van der Waals surface area contributed by atoms with E-state index in [1.54, 1.807) is 53.9 Å². The van der Waals surface area contributed by atoms with Crippen molar-refractivity contribution in [2.45, 2.75) is 6.92 Å². The number of hydrogen-bond donors (Lipinski definition) is 0. The number of amides is 1. The molecule has 9 heteroatoms. The first-order valence-corrected chi connectivity index (χ1v) is 10.3. The van der Waals surface area contributed by atoms with Gasteiger partial charge in [0.15, 0.2) is 10.8 Å². The Balaban J connectivity index is 1.64. The van der Waals surface area contributed by atoms with Crippen molar-refractivity contribution in [3.63, 3.8) is 0 Å². The first-order chi connectivity index (χ1) is 14.4. The van der Waals surface area contributed by atoms with Crippen LogP contribution in [-0.2, 0) is 14.3 Å². The molecule has 0 fully saturated rings. The molecule has 150 valence electrons. The van der Waals surface area contributed by atoms with Gasteiger partial charge in [-0.15, -0.1) is 11.3 Å². The lowest BCUT2D eigenvalue weighted by atomic mass is 10.2. The number of benzene rings is 2. The second-order valence-electron chi connectivity index (χ2n) is 6.24. The second-order valence-corrected chi connectivity index (χ2v) is 7.95. The van der Waals surface area contributed by atoms with Gasteiger partial charge in [0.25, 0.3) is 0 Å². The van der Waals surface area contributed by atoms with Gasteiger partial charge in [-0.05, 0) is 42.5 Å². The van der Waals surface area contributed by atoms with Crippen molar-refractivity contribution in [1.82, 2.24) is 4.98 Å². The van der Waals surface area contributed by atoms with E-state index in [4.69, 9.17) is 27.9 Å². The molecule has 0 aliphatic carbocycles. The summed E-state index contributed by atoms with van der Waals surface area (Å²) in [6, 6.07) is 13.8. The zero-order valence-electron chi connectivity index (χ0n) is 15.5. The predicted molar refractivity (Wildman–Crippen MR) is 118 cm³/mol. The fourth-order valence-corrected chi connectivity index (χ4v) is 4.00. The summed E-state index contributed by atoms with van der Waals surface area (Å²) < 4.78 is 5.24. The molecule has 0 atom stereocenters. The highest BCUT2D eigenvalue weighted by molar-refractivity contribution is 7.14. The average Bonchev–Trinajstić information content (AvgIpc) is 3.29. The molecule has 0 unspecified atom stereocenters. The highest BCUT2D eigenvalue weighted by Crippen LogP contribution is 2.31. The van der Waals surface area contributed by atoms with E-state index in [9.17, 15) is 9.59 Å². The Morgan fingerprint density at radius 3 is 2.57 bits per heavy atom. The molecule has 1 aromatic heterocycles. The molecule has 0 spiro atoms. The van der Waals surface area contributed by atoms with Gasteiger partial charge in [0.05, 0.1) is 11.4 Å². The van der Waals surface area contributed by atoms with E-state index in [2.05, 4.69) is 9.98 Å². The molecule has 1 aliphatic rings. The number of rotatable bonds is 4. The number of nitrogens with zero attached hydrogens (tertiary/aromatic N) is 3. The zero-order valence-corrected chi connectivity index (χ0v) is 17.8. The first kappa shape index (κ1) is 20.3. The van der Waals surface area contributed by atoms with E-state index in [0.717, 1.165) is 0 Å². The molecular weight excluding hydrogens is 445 g/mol. The van der Waals surface area contributed by atoms with Gasteiger partial charge in [-0.25, -0.2) is 14.8 Å². The highest BCUT2D eigenvalue weighted by atomic mass is 35.5. The van der Waals surface area contributed by atoms with Crippen LogP contribution in [0.4, 0.5) is 10.8 Å². The molecule has 0 radical (unpaired) electrons. The molecular formula is C21H13Cl2N3O3S. The van der Waals surface area contributed by atoms with Crippen LogP contribution >= 0.6 is 34.5 Å². The van der Waals surface area contributed by atoms with E-state index in [1.807, 2.05) is 0 Å². The van der Waals surface area contributed by atoms with Crippen LogP contribution in [0.15, 0.2) is 64.6 Å². The molecule has 1 amide bonds. The molecule has 4 rings (SSSR count). The standard InChI is InChI=1S/C21H13Cl2N3O3S/c1-12(27)26(17-7-3-6-15(23)9-17)21-24-16(11-30-21)10-18-20(28)29-19(25-18)13-4-2-5-14(22)8-13/h2-11H,1H3/b18-10-. The fourth-order valence-electron chi connectivity index (χ4n) is 2.78. The maximum absolute atomic E-state index is 12.2. The zero-order chi connectivity index (χ0) is 21.3. The molecule has 0 saturated carbocycles. The Hall–Kier alpha value is -3.00. The fraction of sp³-hybridized carbons (Fsp3) is 0.0476. The van der Waals surface area contributed by atoms with E-state index in [0.29, 0.717) is 32.1 Å². The van der Waals surface area contributed by atoms with Crippen LogP contribution in [0.2, 0.25) is 10.0 Å². The van der Waals surface area contributed by atoms with Crippen LogP contribution in [0.1, 0.15) is 18.2 Å². The number of esters is 1. The number of carbonyl (C=O) groups excluding carboxylic acids is 2. The molecule has 1 aliphatic heterocycles. The summed E-state index contributed by atoms with van der Waals surface area (Å²) in [6.07, 6.45) is 1.51. The Morgan fingerprint density at radius 1 is 1.13 bits per heavy atom. The highest BCUT2D eigenvalue weighted by Gasteiger charge is 2.25. The average molecular weight is 458 g/mol. The van der Waals surface area contributed by atoms with Crippen molar-refractivity contribution >= 4 is 69.2 Å². The van der Waals surface area contributed by atoms with Gasteiger partial charge < -0.3 is 4.74 Å². The largest absolute Gasteiger partial charge is 0.402 e. The summed E-state index contributed by atoms with van der Waals surface area (Å²) >= 11 is 13.3. The Bertz CT molecular complexity index is 1220. The van der Waals surface area contributed by atoms with Crippen LogP contribution in [0.3, 0.4) is 0 Å². The van der Waals surface area contributed by atoms with E-state index in [1.165, 1.54) is 29.2 Å². The maximum Gasteiger partial charge on any atom is 0.363 e. The van der Waals surface area contributed by atoms with E-state index in [-0.39, 0.29) is 17.5 Å². The Morgan fingerprint density at radius 2 is 1.87 bits per heavy atom. The quantitative estimate of drug-likeness (QED) is 0.384. The minimum atomic E-state index is -0.585. The lowest BCUT2D eigenvalue weighted by Crippen LogP contribution is -2.22. The number of anilines is 2. The van der Waals surface area contributed by atoms with Crippen molar-refractivity contribution in [2.75, 3.05) is 4.90 Å². The molecule has 2 heterocycles. The lowest BCUT2D eigenvalue weighted by molar-refractivity contribution is -0.130. The number of cyclic esters (lactones) is 1. The normalized spacial score (nSPS) is 14.6. The SMILES string of the molecule is CC(=O)N(c1cccc(Cl)c1)c1nc(/C=C2\N=C(c3cccc(Cl)c3)OC2=O)cs1. The number of ether oxygens (including phenoxy) is 1. The number of hydrogen-bond acceptors (Lipinski definition) is 6. The van der Waals surface area contributed by atoms with Gasteiger partial charge >= 0.3 is 5.97 Å². The molecule has 3 aromatic rings. The van der Waals surface area contributed by atoms with Crippen molar-refractivity contribution < 1.29 is 14.3 Å². The van der Waals surface area contributed by atoms with Gasteiger partial charge in [-0.1, -0.05) is 35.3 Å². The van der Waals surface area contributed by atoms with Crippen molar-refractivity contribution in [2.24, 2.45) is 4.99 Å². The molecule has 30 heavy (non-hydrogen) atoms. The third-order valence-electron chi connectivity index (χ3n) is 4.06. The number of aliphatic imine (C=N–C) groups is 1. The number of carbonyl (C=O) groups is 2. The number of aromatic nitrogens is 1. The Labute approximate surface area is 186 Å². The van der Waals surface area contributed by atoms with Crippen molar-refractivity contribution in [3.8, 4) is 0 Å². The van der Waals surface area contributed by atoms with Crippen LogP contribution in [-0.4, -0.2) is 22.8 Å². The minimum absolute atomic E-state index is 0.110. The summed E-state index contributed by atoms with van der Waals surface area (Å²) in [5, 5.41) is 3.19.